The van der Waals surface area contributed by atoms with Gasteiger partial charge in [0.25, 0.3) is 5.91 Å². The Morgan fingerprint density at radius 3 is 2.33 bits per heavy atom. The lowest BCUT2D eigenvalue weighted by molar-refractivity contribution is -0.123. The van der Waals surface area contributed by atoms with E-state index in [4.69, 9.17) is 0 Å². The van der Waals surface area contributed by atoms with Gasteiger partial charge < -0.3 is 10.0 Å². The van der Waals surface area contributed by atoms with E-state index in [-0.39, 0.29) is 5.91 Å². The van der Waals surface area contributed by atoms with Gasteiger partial charge in [-0.15, -0.1) is 0 Å². The van der Waals surface area contributed by atoms with E-state index in [0.29, 0.717) is 13.0 Å². The van der Waals surface area contributed by atoms with Crippen molar-refractivity contribution in [2.75, 3.05) is 11.4 Å². The highest BCUT2D eigenvalue weighted by Gasteiger charge is 2.30. The minimum Gasteiger partial charge on any atom is -0.383 e. The molecule has 80 valence electrons. The van der Waals surface area contributed by atoms with Gasteiger partial charge in [0.05, 0.1) is 0 Å². The highest BCUT2D eigenvalue weighted by molar-refractivity contribution is 5.98. The molecule has 0 bridgehead atoms. The third-order valence-electron chi connectivity index (χ3n) is 2.70. The number of amides is 1. The number of aliphatic hydroxyl groups is 1. The van der Waals surface area contributed by atoms with Crippen LogP contribution in [0.2, 0.25) is 0 Å². The van der Waals surface area contributed by atoms with E-state index in [2.05, 4.69) is 6.07 Å². The number of carbonyl (C=O) groups is 1. The van der Waals surface area contributed by atoms with Crippen LogP contribution in [0.4, 0.5) is 5.69 Å². The zero-order valence-corrected chi connectivity index (χ0v) is 9.03. The van der Waals surface area contributed by atoms with Crippen LogP contribution in [0.3, 0.4) is 0 Å². The van der Waals surface area contributed by atoms with Gasteiger partial charge in [0, 0.05) is 18.7 Å². The standard InChI is InChI=1S/C12H15NO2/c1-8-5-9(2)7-10(6-8)13-4-3-11(14)12(13)15/h5-7,11,14H,3-4H2,1-2H3. The Bertz CT molecular complexity index is 380. The molecule has 15 heavy (non-hydrogen) atoms. The minimum absolute atomic E-state index is 0.181. The summed E-state index contributed by atoms with van der Waals surface area (Å²) in [6.45, 7) is 4.63. The number of aryl methyl sites for hydroxylation is 2. The first kappa shape index (κ1) is 10.2. The number of hydrogen-bond acceptors (Lipinski definition) is 2. The first-order valence-corrected chi connectivity index (χ1v) is 5.15. The van der Waals surface area contributed by atoms with Crippen molar-refractivity contribution >= 4 is 11.6 Å². The molecule has 0 spiro atoms. The van der Waals surface area contributed by atoms with Crippen LogP contribution >= 0.6 is 0 Å². The Labute approximate surface area is 89.3 Å². The largest absolute Gasteiger partial charge is 0.383 e. The van der Waals surface area contributed by atoms with Crippen LogP contribution in [0, 0.1) is 13.8 Å². The molecule has 1 amide bonds. The SMILES string of the molecule is Cc1cc(C)cc(N2CCC(O)C2=O)c1. The Morgan fingerprint density at radius 2 is 1.87 bits per heavy atom. The molecule has 0 aromatic heterocycles. The van der Waals surface area contributed by atoms with Crippen molar-refractivity contribution < 1.29 is 9.90 Å². The van der Waals surface area contributed by atoms with E-state index in [0.717, 1.165) is 16.8 Å². The van der Waals surface area contributed by atoms with Crippen LogP contribution in [-0.2, 0) is 4.79 Å². The first-order valence-electron chi connectivity index (χ1n) is 5.15. The van der Waals surface area contributed by atoms with Gasteiger partial charge in [0.1, 0.15) is 6.10 Å². The molecule has 1 heterocycles. The molecule has 3 heteroatoms. The fraction of sp³-hybridized carbons (Fsp3) is 0.417. The van der Waals surface area contributed by atoms with Crippen molar-refractivity contribution in [2.24, 2.45) is 0 Å². The molecule has 1 atom stereocenters. The van der Waals surface area contributed by atoms with Gasteiger partial charge in [-0.3, -0.25) is 4.79 Å². The summed E-state index contributed by atoms with van der Waals surface area (Å²) in [4.78, 5) is 13.3. The Kier molecular flexibility index (Phi) is 2.49. The maximum Gasteiger partial charge on any atom is 0.255 e. The number of benzene rings is 1. The molecule has 2 rings (SSSR count). The second kappa shape index (κ2) is 3.66. The lowest BCUT2D eigenvalue weighted by Crippen LogP contribution is -2.29. The summed E-state index contributed by atoms with van der Waals surface area (Å²) in [5, 5.41) is 9.38. The smallest absolute Gasteiger partial charge is 0.255 e. The van der Waals surface area contributed by atoms with Crippen LogP contribution in [0.25, 0.3) is 0 Å². The predicted molar refractivity (Wildman–Crippen MR) is 58.9 cm³/mol. The molecule has 1 N–H and O–H groups in total. The molecule has 1 saturated heterocycles. The summed E-state index contributed by atoms with van der Waals surface area (Å²) in [7, 11) is 0. The van der Waals surface area contributed by atoms with Gasteiger partial charge in [0.15, 0.2) is 0 Å². The fourth-order valence-corrected chi connectivity index (χ4v) is 2.03. The van der Waals surface area contributed by atoms with E-state index < -0.39 is 6.10 Å². The molecule has 1 aromatic carbocycles. The maximum absolute atomic E-state index is 11.6. The second-order valence-corrected chi connectivity index (χ2v) is 4.14. The van der Waals surface area contributed by atoms with Crippen LogP contribution in [0.5, 0.6) is 0 Å². The molecule has 1 aliphatic heterocycles. The van der Waals surface area contributed by atoms with Gasteiger partial charge in [-0.05, 0) is 37.1 Å². The van der Waals surface area contributed by atoms with E-state index >= 15 is 0 Å². The quantitative estimate of drug-likeness (QED) is 0.753. The highest BCUT2D eigenvalue weighted by Crippen LogP contribution is 2.23. The summed E-state index contributed by atoms with van der Waals surface area (Å²) in [5.41, 5.74) is 3.17. The molecule has 1 aromatic rings. The summed E-state index contributed by atoms with van der Waals surface area (Å²) in [5.74, 6) is -0.181. The fourth-order valence-electron chi connectivity index (χ4n) is 2.03. The number of rotatable bonds is 1. The molecule has 1 fully saturated rings. The van der Waals surface area contributed by atoms with Crippen LogP contribution < -0.4 is 4.90 Å². The first-order chi connectivity index (χ1) is 7.08. The maximum atomic E-state index is 11.6. The van der Waals surface area contributed by atoms with E-state index in [9.17, 15) is 9.90 Å². The molecule has 1 aliphatic rings. The number of anilines is 1. The molecular weight excluding hydrogens is 190 g/mol. The number of hydrogen-bond donors (Lipinski definition) is 1. The van der Waals surface area contributed by atoms with E-state index in [1.165, 1.54) is 0 Å². The lowest BCUT2D eigenvalue weighted by atomic mass is 10.1. The monoisotopic (exact) mass is 205 g/mol. The van der Waals surface area contributed by atoms with Crippen molar-refractivity contribution in [3.05, 3.63) is 29.3 Å². The Balaban J connectivity index is 2.34. The van der Waals surface area contributed by atoms with Crippen LogP contribution in [0.15, 0.2) is 18.2 Å². The molecule has 0 saturated carbocycles. The summed E-state index contributed by atoms with van der Waals surface area (Å²) >= 11 is 0. The molecule has 3 nitrogen and oxygen atoms in total. The average Bonchev–Trinajstić information content (AvgIpc) is 2.46. The van der Waals surface area contributed by atoms with Crippen molar-refractivity contribution in [3.63, 3.8) is 0 Å². The predicted octanol–water partition coefficient (Wildman–Crippen LogP) is 1.40. The third-order valence-corrected chi connectivity index (χ3v) is 2.70. The van der Waals surface area contributed by atoms with Crippen LogP contribution in [0.1, 0.15) is 17.5 Å². The topological polar surface area (TPSA) is 40.5 Å². The van der Waals surface area contributed by atoms with Crippen molar-refractivity contribution in [3.8, 4) is 0 Å². The van der Waals surface area contributed by atoms with Crippen molar-refractivity contribution in [1.82, 2.24) is 0 Å². The minimum atomic E-state index is -0.814. The number of nitrogens with zero attached hydrogens (tertiary/aromatic N) is 1. The highest BCUT2D eigenvalue weighted by atomic mass is 16.3. The van der Waals surface area contributed by atoms with Gasteiger partial charge in [-0.25, -0.2) is 0 Å². The third kappa shape index (κ3) is 1.88. The van der Waals surface area contributed by atoms with Gasteiger partial charge >= 0.3 is 0 Å². The summed E-state index contributed by atoms with van der Waals surface area (Å²) in [6, 6.07) is 6.02. The second-order valence-electron chi connectivity index (χ2n) is 4.14. The number of aliphatic hydroxyl groups excluding tert-OH is 1. The lowest BCUT2D eigenvalue weighted by Gasteiger charge is -2.17. The van der Waals surface area contributed by atoms with Gasteiger partial charge in [-0.1, -0.05) is 6.07 Å². The molecule has 1 unspecified atom stereocenters. The molecular formula is C12H15NO2. The zero-order chi connectivity index (χ0) is 11.0. The zero-order valence-electron chi connectivity index (χ0n) is 9.03. The Hall–Kier alpha value is -1.35. The average molecular weight is 205 g/mol. The van der Waals surface area contributed by atoms with E-state index in [1.54, 1.807) is 4.90 Å². The summed E-state index contributed by atoms with van der Waals surface area (Å²) in [6.07, 6.45) is -0.281. The van der Waals surface area contributed by atoms with Gasteiger partial charge in [-0.2, -0.15) is 0 Å². The van der Waals surface area contributed by atoms with Crippen molar-refractivity contribution in [1.29, 1.82) is 0 Å². The Morgan fingerprint density at radius 1 is 1.27 bits per heavy atom. The normalized spacial score (nSPS) is 21.1. The summed E-state index contributed by atoms with van der Waals surface area (Å²) < 4.78 is 0. The molecule has 0 radical (unpaired) electrons. The van der Waals surface area contributed by atoms with Crippen molar-refractivity contribution in [2.45, 2.75) is 26.4 Å². The van der Waals surface area contributed by atoms with Gasteiger partial charge in [0.2, 0.25) is 0 Å². The molecule has 0 aliphatic carbocycles. The van der Waals surface area contributed by atoms with Crippen LogP contribution in [-0.4, -0.2) is 23.7 Å². The van der Waals surface area contributed by atoms with E-state index in [1.807, 2.05) is 26.0 Å². The number of carbonyl (C=O) groups excluding carboxylic acids is 1.